The standard InChI is InChI=1S/C16H16N6O/c1-11(23)13-10-18-16-19-15(12-5-4-7-17-9-12)20-22(16)14(13)6-8-21(2)3/h4-10H,1-3H3/b8-6+. The van der Waals surface area contributed by atoms with Crippen LogP contribution in [0.15, 0.2) is 36.9 Å². The first kappa shape index (κ1) is 14.8. The van der Waals surface area contributed by atoms with Crippen LogP contribution in [0.1, 0.15) is 23.0 Å². The number of carbonyl (C=O) groups excluding carboxylic acids is 1. The van der Waals surface area contributed by atoms with Crippen molar-refractivity contribution >= 4 is 17.6 Å². The maximum absolute atomic E-state index is 11.9. The minimum atomic E-state index is -0.0729. The fourth-order valence-corrected chi connectivity index (χ4v) is 2.12. The highest BCUT2D eigenvalue weighted by molar-refractivity contribution is 5.97. The molecule has 0 aliphatic heterocycles. The van der Waals surface area contributed by atoms with Crippen molar-refractivity contribution in [1.82, 2.24) is 29.5 Å². The van der Waals surface area contributed by atoms with Crippen molar-refractivity contribution in [2.45, 2.75) is 6.92 Å². The van der Waals surface area contributed by atoms with Gasteiger partial charge < -0.3 is 4.90 Å². The van der Waals surface area contributed by atoms with Gasteiger partial charge in [-0.2, -0.15) is 9.50 Å². The number of hydrogen-bond donors (Lipinski definition) is 0. The molecule has 0 radical (unpaired) electrons. The third kappa shape index (κ3) is 2.94. The molecule has 7 heteroatoms. The third-order valence-corrected chi connectivity index (χ3v) is 3.23. The Balaban J connectivity index is 2.21. The van der Waals surface area contributed by atoms with Crippen LogP contribution in [0.5, 0.6) is 0 Å². The van der Waals surface area contributed by atoms with E-state index in [2.05, 4.69) is 20.1 Å². The van der Waals surface area contributed by atoms with Crippen LogP contribution in [0, 0.1) is 0 Å². The number of rotatable bonds is 4. The van der Waals surface area contributed by atoms with Gasteiger partial charge >= 0.3 is 0 Å². The zero-order valence-corrected chi connectivity index (χ0v) is 13.1. The number of Topliss-reactive ketones (excluding diaryl/α,β-unsaturated/α-hetero) is 1. The second-order valence-corrected chi connectivity index (χ2v) is 5.28. The van der Waals surface area contributed by atoms with E-state index in [1.54, 1.807) is 16.9 Å². The summed E-state index contributed by atoms with van der Waals surface area (Å²) in [6.07, 6.45) is 8.60. The molecule has 0 N–H and O–H groups in total. The minimum Gasteiger partial charge on any atom is -0.383 e. The molecule has 0 bridgehead atoms. The Kier molecular flexibility index (Phi) is 3.84. The summed E-state index contributed by atoms with van der Waals surface area (Å²) < 4.78 is 1.58. The molecule has 3 aromatic rings. The molecule has 0 saturated carbocycles. The van der Waals surface area contributed by atoms with Gasteiger partial charge in [-0.15, -0.1) is 5.10 Å². The highest BCUT2D eigenvalue weighted by Gasteiger charge is 2.15. The topological polar surface area (TPSA) is 76.3 Å². The van der Waals surface area contributed by atoms with E-state index in [-0.39, 0.29) is 5.78 Å². The molecule has 116 valence electrons. The van der Waals surface area contributed by atoms with Gasteiger partial charge in [0.05, 0.1) is 11.3 Å². The predicted octanol–water partition coefficient (Wildman–Crippen LogP) is 1.92. The SMILES string of the molecule is CC(=O)c1cnc2nc(-c3cccnc3)nn2c1/C=C/N(C)C. The monoisotopic (exact) mass is 308 g/mol. The molecule has 0 aliphatic rings. The van der Waals surface area contributed by atoms with Gasteiger partial charge in [-0.25, -0.2) is 4.98 Å². The predicted molar refractivity (Wildman–Crippen MR) is 86.7 cm³/mol. The first-order valence-corrected chi connectivity index (χ1v) is 7.08. The summed E-state index contributed by atoms with van der Waals surface area (Å²) >= 11 is 0. The number of hydrogen-bond acceptors (Lipinski definition) is 6. The van der Waals surface area contributed by atoms with E-state index >= 15 is 0 Å². The van der Waals surface area contributed by atoms with Crippen LogP contribution < -0.4 is 0 Å². The Labute approximate surface area is 133 Å². The fourth-order valence-electron chi connectivity index (χ4n) is 2.12. The number of pyridine rings is 1. The van der Waals surface area contributed by atoms with Crippen LogP contribution in [0.4, 0.5) is 0 Å². The Morgan fingerprint density at radius 3 is 2.78 bits per heavy atom. The minimum absolute atomic E-state index is 0.0729. The molecule has 0 saturated heterocycles. The molecular formula is C16H16N6O. The van der Waals surface area contributed by atoms with E-state index < -0.39 is 0 Å². The molecule has 23 heavy (non-hydrogen) atoms. The molecule has 3 heterocycles. The molecule has 0 fully saturated rings. The van der Waals surface area contributed by atoms with E-state index in [1.807, 2.05) is 43.4 Å². The maximum Gasteiger partial charge on any atom is 0.253 e. The number of aromatic nitrogens is 5. The van der Waals surface area contributed by atoms with Gasteiger partial charge in [-0.05, 0) is 25.1 Å². The van der Waals surface area contributed by atoms with Crippen molar-refractivity contribution in [2.75, 3.05) is 14.1 Å². The summed E-state index contributed by atoms with van der Waals surface area (Å²) in [6.45, 7) is 1.51. The largest absolute Gasteiger partial charge is 0.383 e. The van der Waals surface area contributed by atoms with E-state index in [1.165, 1.54) is 13.1 Å². The first-order valence-electron chi connectivity index (χ1n) is 7.08. The second kappa shape index (κ2) is 5.96. The lowest BCUT2D eigenvalue weighted by Gasteiger charge is -2.06. The molecule has 0 spiro atoms. The summed E-state index contributed by atoms with van der Waals surface area (Å²) in [5.74, 6) is 0.884. The quantitative estimate of drug-likeness (QED) is 0.685. The van der Waals surface area contributed by atoms with E-state index in [9.17, 15) is 4.79 Å². The van der Waals surface area contributed by atoms with E-state index in [0.29, 0.717) is 22.9 Å². The van der Waals surface area contributed by atoms with Gasteiger partial charge in [-0.3, -0.25) is 9.78 Å². The van der Waals surface area contributed by atoms with Crippen molar-refractivity contribution < 1.29 is 4.79 Å². The fraction of sp³-hybridized carbons (Fsp3) is 0.188. The molecule has 0 unspecified atom stereocenters. The maximum atomic E-state index is 11.9. The Hall–Kier alpha value is -3.09. The number of ketones is 1. The number of carbonyl (C=O) groups is 1. The van der Waals surface area contributed by atoms with E-state index in [0.717, 1.165) is 5.56 Å². The van der Waals surface area contributed by atoms with Gasteiger partial charge in [0.1, 0.15) is 0 Å². The first-order chi connectivity index (χ1) is 11.1. The Bertz CT molecular complexity index is 882. The van der Waals surface area contributed by atoms with Gasteiger partial charge in [0.15, 0.2) is 11.6 Å². The van der Waals surface area contributed by atoms with Crippen LogP contribution in [0.25, 0.3) is 23.2 Å². The molecule has 3 aromatic heterocycles. The number of nitrogens with zero attached hydrogens (tertiary/aromatic N) is 6. The summed E-state index contributed by atoms with van der Waals surface area (Å²) in [7, 11) is 3.81. The molecule has 0 atom stereocenters. The zero-order valence-electron chi connectivity index (χ0n) is 13.1. The van der Waals surface area contributed by atoms with Crippen molar-refractivity contribution in [3.63, 3.8) is 0 Å². The lowest BCUT2D eigenvalue weighted by atomic mass is 10.1. The highest BCUT2D eigenvalue weighted by atomic mass is 16.1. The van der Waals surface area contributed by atoms with Crippen molar-refractivity contribution in [1.29, 1.82) is 0 Å². The zero-order chi connectivity index (χ0) is 16.4. The van der Waals surface area contributed by atoms with Crippen LogP contribution in [-0.4, -0.2) is 49.3 Å². The lowest BCUT2D eigenvalue weighted by molar-refractivity contribution is 0.101. The third-order valence-electron chi connectivity index (χ3n) is 3.23. The highest BCUT2D eigenvalue weighted by Crippen LogP contribution is 2.18. The van der Waals surface area contributed by atoms with E-state index in [4.69, 9.17) is 0 Å². The van der Waals surface area contributed by atoms with Gasteiger partial charge in [-0.1, -0.05) is 0 Å². The molecule has 0 aromatic carbocycles. The Morgan fingerprint density at radius 2 is 2.13 bits per heavy atom. The average molecular weight is 308 g/mol. The van der Waals surface area contributed by atoms with Crippen molar-refractivity contribution in [2.24, 2.45) is 0 Å². The van der Waals surface area contributed by atoms with Crippen LogP contribution in [0.2, 0.25) is 0 Å². The smallest absolute Gasteiger partial charge is 0.253 e. The molecule has 0 aliphatic carbocycles. The van der Waals surface area contributed by atoms with Crippen molar-refractivity contribution in [3.05, 3.63) is 48.2 Å². The molecule has 0 amide bonds. The van der Waals surface area contributed by atoms with Crippen LogP contribution >= 0.6 is 0 Å². The molecule has 7 nitrogen and oxygen atoms in total. The van der Waals surface area contributed by atoms with Crippen molar-refractivity contribution in [3.8, 4) is 11.4 Å². The normalized spacial score (nSPS) is 11.3. The summed E-state index contributed by atoms with van der Waals surface area (Å²) in [5, 5.41) is 4.48. The second-order valence-electron chi connectivity index (χ2n) is 5.28. The summed E-state index contributed by atoms with van der Waals surface area (Å²) in [6, 6.07) is 3.70. The molecular weight excluding hydrogens is 292 g/mol. The summed E-state index contributed by atoms with van der Waals surface area (Å²) in [4.78, 5) is 26.5. The average Bonchev–Trinajstić information content (AvgIpc) is 2.97. The molecule has 3 rings (SSSR count). The van der Waals surface area contributed by atoms with Gasteiger partial charge in [0, 0.05) is 44.4 Å². The van der Waals surface area contributed by atoms with Crippen LogP contribution in [-0.2, 0) is 0 Å². The Morgan fingerprint density at radius 1 is 1.30 bits per heavy atom. The lowest BCUT2D eigenvalue weighted by Crippen LogP contribution is -2.07. The van der Waals surface area contributed by atoms with Crippen LogP contribution in [0.3, 0.4) is 0 Å². The van der Waals surface area contributed by atoms with Gasteiger partial charge in [0.2, 0.25) is 0 Å². The van der Waals surface area contributed by atoms with Gasteiger partial charge in [0.25, 0.3) is 5.78 Å². The number of fused-ring (bicyclic) bond motifs is 1. The summed E-state index contributed by atoms with van der Waals surface area (Å²) in [5.41, 5.74) is 1.95.